The number of carbonyl (C=O) groups is 2. The van der Waals surface area contributed by atoms with Crippen LogP contribution in [0.4, 0.5) is 0 Å². The normalized spacial score (nSPS) is 23.6. The van der Waals surface area contributed by atoms with E-state index in [9.17, 15) is 9.59 Å². The lowest BCUT2D eigenvalue weighted by Crippen LogP contribution is -2.37. The molecular weight excluding hydrogens is 370 g/mol. The van der Waals surface area contributed by atoms with Gasteiger partial charge < -0.3 is 4.74 Å². The number of rotatable bonds is 3. The standard InChI is InChI=1S/C19H20BrNO3/c1-3-24-19(23)16-11(2)21-14-8-5-9-15(22)18(14)17(16)12-6-4-7-13(20)10-12/h4,6-7,10,16-17H,3,5,8-9H2,1-2H3/t16?,17-/m1/s1. The Morgan fingerprint density at radius 1 is 1.38 bits per heavy atom. The van der Waals surface area contributed by atoms with Gasteiger partial charge in [-0.2, -0.15) is 0 Å². The van der Waals surface area contributed by atoms with Crippen LogP contribution in [0.3, 0.4) is 0 Å². The van der Waals surface area contributed by atoms with Crippen LogP contribution in [0.25, 0.3) is 0 Å². The molecule has 2 atom stereocenters. The van der Waals surface area contributed by atoms with Crippen molar-refractivity contribution < 1.29 is 14.3 Å². The lowest BCUT2D eigenvalue weighted by atomic mass is 9.72. The van der Waals surface area contributed by atoms with Crippen LogP contribution >= 0.6 is 15.9 Å². The fourth-order valence-electron chi connectivity index (χ4n) is 3.60. The van der Waals surface area contributed by atoms with Gasteiger partial charge in [0.15, 0.2) is 5.78 Å². The highest BCUT2D eigenvalue weighted by Gasteiger charge is 2.43. The van der Waals surface area contributed by atoms with Crippen molar-refractivity contribution in [3.8, 4) is 0 Å². The van der Waals surface area contributed by atoms with E-state index >= 15 is 0 Å². The molecule has 0 amide bonds. The third-order valence-corrected chi connectivity index (χ3v) is 5.08. The van der Waals surface area contributed by atoms with Gasteiger partial charge in [-0.1, -0.05) is 28.1 Å². The molecule has 1 aliphatic heterocycles. The number of nitrogens with zero attached hydrogens (tertiary/aromatic N) is 1. The zero-order chi connectivity index (χ0) is 17.3. The number of ketones is 1. The molecule has 0 spiro atoms. The number of carbonyl (C=O) groups excluding carboxylic acids is 2. The number of hydrogen-bond acceptors (Lipinski definition) is 4. The van der Waals surface area contributed by atoms with Gasteiger partial charge in [0.05, 0.1) is 6.61 Å². The van der Waals surface area contributed by atoms with Crippen LogP contribution in [-0.4, -0.2) is 24.1 Å². The molecule has 0 bridgehead atoms. The number of ether oxygens (including phenoxy) is 1. The first-order valence-electron chi connectivity index (χ1n) is 8.26. The quantitative estimate of drug-likeness (QED) is 0.728. The maximum atomic E-state index is 12.6. The predicted octanol–water partition coefficient (Wildman–Crippen LogP) is 4.19. The lowest BCUT2D eigenvalue weighted by molar-refractivity contribution is -0.146. The van der Waals surface area contributed by atoms with Crippen LogP contribution in [0.15, 0.2) is 45.0 Å². The van der Waals surface area contributed by atoms with Crippen molar-refractivity contribution in [2.45, 2.75) is 39.0 Å². The van der Waals surface area contributed by atoms with Crippen molar-refractivity contribution in [1.29, 1.82) is 0 Å². The number of esters is 1. The Kier molecular flexibility index (Phi) is 4.99. The summed E-state index contributed by atoms with van der Waals surface area (Å²) in [6.07, 6.45) is 2.13. The summed E-state index contributed by atoms with van der Waals surface area (Å²) < 4.78 is 6.21. The Hall–Kier alpha value is -1.75. The second-order valence-electron chi connectivity index (χ2n) is 6.15. The van der Waals surface area contributed by atoms with Gasteiger partial charge in [-0.15, -0.1) is 0 Å². The van der Waals surface area contributed by atoms with Gasteiger partial charge >= 0.3 is 5.97 Å². The van der Waals surface area contributed by atoms with Crippen LogP contribution in [0.1, 0.15) is 44.6 Å². The van der Waals surface area contributed by atoms with Gasteiger partial charge in [-0.25, -0.2) is 0 Å². The molecule has 0 aromatic heterocycles. The van der Waals surface area contributed by atoms with Gasteiger partial charge in [0, 0.05) is 33.8 Å². The van der Waals surface area contributed by atoms with Crippen LogP contribution in [-0.2, 0) is 14.3 Å². The van der Waals surface area contributed by atoms with Crippen molar-refractivity contribution in [3.63, 3.8) is 0 Å². The largest absolute Gasteiger partial charge is 0.465 e. The average molecular weight is 390 g/mol. The van der Waals surface area contributed by atoms with E-state index in [0.29, 0.717) is 18.6 Å². The second kappa shape index (κ2) is 7.01. The molecule has 0 fully saturated rings. The summed E-state index contributed by atoms with van der Waals surface area (Å²) in [6.45, 7) is 3.96. The molecular formula is C19H20BrNO3. The third-order valence-electron chi connectivity index (χ3n) is 4.58. The summed E-state index contributed by atoms with van der Waals surface area (Å²) in [5, 5.41) is 0. The first-order valence-corrected chi connectivity index (χ1v) is 9.05. The van der Waals surface area contributed by atoms with Gasteiger partial charge in [-0.05, 0) is 44.4 Å². The van der Waals surface area contributed by atoms with Crippen molar-refractivity contribution >= 4 is 33.4 Å². The fourth-order valence-corrected chi connectivity index (χ4v) is 4.02. The number of halogens is 1. The molecule has 3 rings (SSSR count). The number of hydrogen-bond donors (Lipinski definition) is 0. The Labute approximate surface area is 150 Å². The molecule has 1 aromatic carbocycles. The van der Waals surface area contributed by atoms with E-state index in [1.165, 1.54) is 0 Å². The highest BCUT2D eigenvalue weighted by atomic mass is 79.9. The summed E-state index contributed by atoms with van der Waals surface area (Å²) in [4.78, 5) is 29.8. The molecule has 1 aliphatic carbocycles. The van der Waals surface area contributed by atoms with Crippen molar-refractivity contribution in [2.75, 3.05) is 6.61 Å². The predicted molar refractivity (Wildman–Crippen MR) is 96.0 cm³/mol. The highest BCUT2D eigenvalue weighted by Crippen LogP contribution is 2.43. The summed E-state index contributed by atoms with van der Waals surface area (Å²) in [6, 6.07) is 7.80. The monoisotopic (exact) mass is 389 g/mol. The molecule has 0 saturated carbocycles. The third kappa shape index (κ3) is 3.09. The van der Waals surface area contributed by atoms with Crippen molar-refractivity contribution in [1.82, 2.24) is 0 Å². The van der Waals surface area contributed by atoms with Gasteiger partial charge in [-0.3, -0.25) is 14.6 Å². The Balaban J connectivity index is 2.15. The first kappa shape index (κ1) is 17.1. The second-order valence-corrected chi connectivity index (χ2v) is 7.07. The molecule has 0 radical (unpaired) electrons. The Morgan fingerprint density at radius 3 is 2.88 bits per heavy atom. The first-order chi connectivity index (χ1) is 11.5. The molecule has 2 aliphatic rings. The van der Waals surface area contributed by atoms with E-state index in [-0.39, 0.29) is 17.7 Å². The molecule has 1 heterocycles. The van der Waals surface area contributed by atoms with Crippen LogP contribution in [0.2, 0.25) is 0 Å². The Bertz CT molecular complexity index is 751. The number of aliphatic imine (C=N–C) groups is 1. The molecule has 1 unspecified atom stereocenters. The minimum absolute atomic E-state index is 0.103. The van der Waals surface area contributed by atoms with E-state index in [0.717, 1.165) is 34.3 Å². The minimum Gasteiger partial charge on any atom is -0.465 e. The molecule has 4 nitrogen and oxygen atoms in total. The maximum absolute atomic E-state index is 12.6. The van der Waals surface area contributed by atoms with Crippen LogP contribution < -0.4 is 0 Å². The number of allylic oxidation sites excluding steroid dienone is 2. The lowest BCUT2D eigenvalue weighted by Gasteiger charge is -2.34. The molecule has 0 N–H and O–H groups in total. The van der Waals surface area contributed by atoms with Crippen LogP contribution in [0.5, 0.6) is 0 Å². The number of benzene rings is 1. The van der Waals surface area contributed by atoms with E-state index in [4.69, 9.17) is 4.74 Å². The van der Waals surface area contributed by atoms with E-state index in [1.807, 2.05) is 31.2 Å². The average Bonchev–Trinajstić information content (AvgIpc) is 2.54. The van der Waals surface area contributed by atoms with E-state index < -0.39 is 5.92 Å². The van der Waals surface area contributed by atoms with Crippen molar-refractivity contribution in [3.05, 3.63) is 45.6 Å². The molecule has 24 heavy (non-hydrogen) atoms. The topological polar surface area (TPSA) is 55.7 Å². The van der Waals surface area contributed by atoms with E-state index in [2.05, 4.69) is 20.9 Å². The Morgan fingerprint density at radius 2 is 2.17 bits per heavy atom. The van der Waals surface area contributed by atoms with Gasteiger partial charge in [0.25, 0.3) is 0 Å². The van der Waals surface area contributed by atoms with Crippen molar-refractivity contribution in [2.24, 2.45) is 10.9 Å². The smallest absolute Gasteiger partial charge is 0.315 e. The maximum Gasteiger partial charge on any atom is 0.315 e. The highest BCUT2D eigenvalue weighted by molar-refractivity contribution is 9.10. The molecule has 0 saturated heterocycles. The van der Waals surface area contributed by atoms with Gasteiger partial charge in [0.1, 0.15) is 5.92 Å². The molecule has 126 valence electrons. The molecule has 1 aromatic rings. The van der Waals surface area contributed by atoms with Gasteiger partial charge in [0.2, 0.25) is 0 Å². The zero-order valence-electron chi connectivity index (χ0n) is 13.8. The summed E-state index contributed by atoms with van der Waals surface area (Å²) in [5.41, 5.74) is 3.21. The summed E-state index contributed by atoms with van der Waals surface area (Å²) >= 11 is 3.49. The summed E-state index contributed by atoms with van der Waals surface area (Å²) in [5.74, 6) is -1.07. The van der Waals surface area contributed by atoms with E-state index in [1.54, 1.807) is 6.92 Å². The minimum atomic E-state index is -0.542. The summed E-state index contributed by atoms with van der Waals surface area (Å²) in [7, 11) is 0. The zero-order valence-corrected chi connectivity index (χ0v) is 15.4. The molecule has 5 heteroatoms. The number of Topliss-reactive ketones (excluding diaryl/α,β-unsaturated/α-hetero) is 1. The fraction of sp³-hybridized carbons (Fsp3) is 0.421. The SMILES string of the molecule is CCOC(=O)C1C(C)=NC2=C(C(=O)CCC2)[C@@H]1c1cccc(Br)c1. The van der Waals surface area contributed by atoms with Crippen LogP contribution in [0, 0.1) is 5.92 Å².